The van der Waals surface area contributed by atoms with Gasteiger partial charge in [0.15, 0.2) is 0 Å². The molecule has 0 atom stereocenters. The molecule has 1 amide bonds. The molecule has 0 radical (unpaired) electrons. The number of halogens is 1. The molecule has 4 nitrogen and oxygen atoms in total. The predicted octanol–water partition coefficient (Wildman–Crippen LogP) is 4.62. The van der Waals surface area contributed by atoms with Crippen LogP contribution in [-0.2, 0) is 6.54 Å². The van der Waals surface area contributed by atoms with Crippen molar-refractivity contribution in [3.05, 3.63) is 94.5 Å². The predicted molar refractivity (Wildman–Crippen MR) is 133 cm³/mol. The highest BCUT2D eigenvalue weighted by atomic mass is 35.5. The zero-order valence-corrected chi connectivity index (χ0v) is 19.5. The first-order chi connectivity index (χ1) is 15.5. The Bertz CT molecular complexity index is 1040. The quantitative estimate of drug-likeness (QED) is 0.577. The zero-order chi connectivity index (χ0) is 22.5. The van der Waals surface area contributed by atoms with Gasteiger partial charge in [0.2, 0.25) is 0 Å². The molecule has 0 bridgehead atoms. The number of nitrogens with zero attached hydrogens (tertiary/aromatic N) is 1. The molecule has 0 saturated carbocycles. The van der Waals surface area contributed by atoms with E-state index < -0.39 is 0 Å². The molecule has 0 spiro atoms. The number of hydrogen-bond donors (Lipinski definition) is 2. The number of hydrogen-bond acceptors (Lipinski definition) is 2. The smallest absolute Gasteiger partial charge is 0.255 e. The highest BCUT2D eigenvalue weighted by molar-refractivity contribution is 6.31. The Labute approximate surface area is 195 Å². The van der Waals surface area contributed by atoms with Crippen molar-refractivity contribution in [2.75, 3.05) is 36.4 Å². The van der Waals surface area contributed by atoms with E-state index in [1.165, 1.54) is 16.8 Å². The first kappa shape index (κ1) is 22.4. The minimum atomic E-state index is -0.0788. The molecule has 5 heteroatoms. The summed E-state index contributed by atoms with van der Waals surface area (Å²) in [5, 5.41) is 3.86. The van der Waals surface area contributed by atoms with Crippen LogP contribution in [0.15, 0.2) is 72.8 Å². The summed E-state index contributed by atoms with van der Waals surface area (Å²) in [5.74, 6) is 0.379. The third kappa shape index (κ3) is 5.50. The molecule has 166 valence electrons. The van der Waals surface area contributed by atoms with Gasteiger partial charge in [0.25, 0.3) is 5.91 Å². The van der Waals surface area contributed by atoms with Gasteiger partial charge in [-0.25, -0.2) is 0 Å². The number of carbonyl (C=O) groups excluding carboxylic acids is 1. The first-order valence-electron chi connectivity index (χ1n) is 11.3. The van der Waals surface area contributed by atoms with Crippen molar-refractivity contribution in [3.8, 4) is 0 Å². The first-order valence-corrected chi connectivity index (χ1v) is 11.7. The normalized spacial score (nSPS) is 14.6. The van der Waals surface area contributed by atoms with E-state index >= 15 is 0 Å². The number of rotatable bonds is 6. The molecular formula is C27H31ClN3O+. The molecule has 3 aromatic carbocycles. The average Bonchev–Trinajstić information content (AvgIpc) is 2.82. The highest BCUT2D eigenvalue weighted by Gasteiger charge is 2.21. The van der Waals surface area contributed by atoms with Crippen LogP contribution in [0.1, 0.15) is 41.3 Å². The second-order valence-electron chi connectivity index (χ2n) is 8.78. The molecule has 0 aromatic heterocycles. The summed E-state index contributed by atoms with van der Waals surface area (Å²) in [4.78, 5) is 16.5. The van der Waals surface area contributed by atoms with Crippen LogP contribution in [0.4, 0.5) is 11.4 Å². The summed E-state index contributed by atoms with van der Waals surface area (Å²) in [6.07, 6.45) is 0. The molecule has 2 N–H and O–H groups in total. The number of anilines is 2. The monoisotopic (exact) mass is 448 g/mol. The average molecular weight is 449 g/mol. The summed E-state index contributed by atoms with van der Waals surface area (Å²) in [5.41, 5.74) is 5.14. The maximum atomic E-state index is 12.6. The van der Waals surface area contributed by atoms with E-state index in [0.29, 0.717) is 11.5 Å². The van der Waals surface area contributed by atoms with Gasteiger partial charge in [-0.1, -0.05) is 55.8 Å². The summed E-state index contributed by atoms with van der Waals surface area (Å²) < 4.78 is 0. The molecule has 0 aliphatic carbocycles. The number of piperazine rings is 1. The molecule has 4 rings (SSSR count). The van der Waals surface area contributed by atoms with Crippen molar-refractivity contribution in [1.29, 1.82) is 0 Å². The lowest BCUT2D eigenvalue weighted by Crippen LogP contribution is -3.13. The topological polar surface area (TPSA) is 36.8 Å². The van der Waals surface area contributed by atoms with E-state index in [4.69, 9.17) is 11.6 Å². The van der Waals surface area contributed by atoms with Gasteiger partial charge >= 0.3 is 0 Å². The Morgan fingerprint density at radius 3 is 2.25 bits per heavy atom. The third-order valence-electron chi connectivity index (χ3n) is 6.20. The van der Waals surface area contributed by atoms with Crippen molar-refractivity contribution in [2.45, 2.75) is 26.3 Å². The van der Waals surface area contributed by atoms with Gasteiger partial charge in [0, 0.05) is 27.5 Å². The van der Waals surface area contributed by atoms with Gasteiger partial charge in [0.1, 0.15) is 6.54 Å². The van der Waals surface area contributed by atoms with Crippen LogP contribution >= 0.6 is 11.6 Å². The van der Waals surface area contributed by atoms with Crippen LogP contribution in [0.5, 0.6) is 0 Å². The standard InChI is InChI=1S/C27H30ClN3O/c1-20(2)21-7-9-22(10-8-21)27(32)29-24-11-13-25(14-12-24)31-17-15-30(16-18-31)19-23-5-3-4-6-26(23)28/h3-14,20H,15-19H2,1-2H3,(H,29,32)/p+1. The van der Waals surface area contributed by atoms with E-state index in [-0.39, 0.29) is 5.91 Å². The van der Waals surface area contributed by atoms with Crippen molar-refractivity contribution in [1.82, 2.24) is 0 Å². The number of quaternary nitrogens is 1. The molecule has 1 saturated heterocycles. The van der Waals surface area contributed by atoms with Crippen LogP contribution in [-0.4, -0.2) is 32.1 Å². The molecule has 0 unspecified atom stereocenters. The number of benzene rings is 3. The zero-order valence-electron chi connectivity index (χ0n) is 18.8. The van der Waals surface area contributed by atoms with Crippen molar-refractivity contribution >= 4 is 28.9 Å². The molecule has 1 heterocycles. The van der Waals surface area contributed by atoms with Gasteiger partial charge in [-0.3, -0.25) is 4.79 Å². The highest BCUT2D eigenvalue weighted by Crippen LogP contribution is 2.20. The van der Waals surface area contributed by atoms with Crippen molar-refractivity contribution in [2.24, 2.45) is 0 Å². The van der Waals surface area contributed by atoms with Gasteiger partial charge in [-0.15, -0.1) is 0 Å². The van der Waals surface area contributed by atoms with Crippen LogP contribution in [0.3, 0.4) is 0 Å². The van der Waals surface area contributed by atoms with Crippen LogP contribution in [0, 0.1) is 0 Å². The summed E-state index contributed by atoms with van der Waals surface area (Å²) in [6, 6.07) is 24.1. The molecule has 3 aromatic rings. The Balaban J connectivity index is 1.30. The minimum absolute atomic E-state index is 0.0788. The van der Waals surface area contributed by atoms with E-state index in [1.54, 1.807) is 4.90 Å². The van der Waals surface area contributed by atoms with Crippen molar-refractivity contribution in [3.63, 3.8) is 0 Å². The fourth-order valence-electron chi connectivity index (χ4n) is 4.15. The molecule has 1 fully saturated rings. The maximum absolute atomic E-state index is 12.6. The summed E-state index contributed by atoms with van der Waals surface area (Å²) in [7, 11) is 0. The number of carbonyl (C=O) groups is 1. The lowest BCUT2D eigenvalue weighted by Gasteiger charge is -2.34. The minimum Gasteiger partial charge on any atom is -0.360 e. The number of amides is 1. The largest absolute Gasteiger partial charge is 0.360 e. The Kier molecular flexibility index (Phi) is 7.13. The van der Waals surface area contributed by atoms with Crippen LogP contribution in [0.25, 0.3) is 0 Å². The van der Waals surface area contributed by atoms with Gasteiger partial charge in [0.05, 0.1) is 26.2 Å². The maximum Gasteiger partial charge on any atom is 0.255 e. The molecular weight excluding hydrogens is 418 g/mol. The number of nitrogens with one attached hydrogen (secondary N) is 2. The van der Waals surface area contributed by atoms with Crippen molar-refractivity contribution < 1.29 is 9.69 Å². The Hall–Kier alpha value is -2.82. The summed E-state index contributed by atoms with van der Waals surface area (Å²) in [6.45, 7) is 9.44. The lowest BCUT2D eigenvalue weighted by atomic mass is 10.0. The molecule has 32 heavy (non-hydrogen) atoms. The van der Waals surface area contributed by atoms with E-state index in [1.807, 2.05) is 48.5 Å². The second kappa shape index (κ2) is 10.2. The molecule has 1 aliphatic rings. The van der Waals surface area contributed by atoms with E-state index in [9.17, 15) is 4.79 Å². The van der Waals surface area contributed by atoms with Crippen LogP contribution in [0.2, 0.25) is 5.02 Å². The fraction of sp³-hybridized carbons (Fsp3) is 0.296. The van der Waals surface area contributed by atoms with Gasteiger partial charge in [-0.05, 0) is 53.9 Å². The van der Waals surface area contributed by atoms with Crippen LogP contribution < -0.4 is 15.1 Å². The van der Waals surface area contributed by atoms with E-state index in [0.717, 1.165) is 43.4 Å². The Morgan fingerprint density at radius 1 is 0.969 bits per heavy atom. The lowest BCUT2D eigenvalue weighted by molar-refractivity contribution is -0.914. The molecule has 1 aliphatic heterocycles. The van der Waals surface area contributed by atoms with Gasteiger partial charge < -0.3 is 15.1 Å². The fourth-order valence-corrected chi connectivity index (χ4v) is 4.35. The van der Waals surface area contributed by atoms with Gasteiger partial charge in [-0.2, -0.15) is 0 Å². The SMILES string of the molecule is CC(C)c1ccc(C(=O)Nc2ccc(N3CC[NH+](Cc4ccccc4Cl)CC3)cc2)cc1. The third-order valence-corrected chi connectivity index (χ3v) is 6.57. The summed E-state index contributed by atoms with van der Waals surface area (Å²) >= 11 is 6.32. The second-order valence-corrected chi connectivity index (χ2v) is 9.19. The Morgan fingerprint density at radius 2 is 1.62 bits per heavy atom. The van der Waals surface area contributed by atoms with E-state index in [2.05, 4.69) is 48.3 Å².